The first kappa shape index (κ1) is 21.8. The van der Waals surface area contributed by atoms with E-state index < -0.39 is 0 Å². The predicted molar refractivity (Wildman–Crippen MR) is 124 cm³/mol. The standard InChI is InChI=1S/C27H32O3/c1-5-23-13-15-25(29-23)11-8-7-10-22-18-21(4)27(19-20(22)3)28-17-9-12-26-16-14-24(6-2)30-26/h5-6,13-16,18-19H,1-2,7-12,17H2,3-4H3. The molecule has 30 heavy (non-hydrogen) atoms. The zero-order valence-corrected chi connectivity index (χ0v) is 18.2. The summed E-state index contributed by atoms with van der Waals surface area (Å²) in [7, 11) is 0. The van der Waals surface area contributed by atoms with Crippen LogP contribution in [-0.4, -0.2) is 6.61 Å². The van der Waals surface area contributed by atoms with E-state index in [4.69, 9.17) is 13.6 Å². The number of benzene rings is 1. The van der Waals surface area contributed by atoms with Gasteiger partial charge >= 0.3 is 0 Å². The Morgan fingerprint density at radius 1 is 0.767 bits per heavy atom. The molecular weight excluding hydrogens is 372 g/mol. The van der Waals surface area contributed by atoms with Crippen molar-refractivity contribution in [1.29, 1.82) is 0 Å². The topological polar surface area (TPSA) is 35.5 Å². The molecule has 0 fully saturated rings. The van der Waals surface area contributed by atoms with Crippen molar-refractivity contribution in [1.82, 2.24) is 0 Å². The summed E-state index contributed by atoms with van der Waals surface area (Å²) < 4.78 is 17.4. The maximum atomic E-state index is 6.04. The van der Waals surface area contributed by atoms with Crippen molar-refractivity contribution >= 4 is 12.2 Å². The van der Waals surface area contributed by atoms with Crippen LogP contribution in [0.1, 0.15) is 59.0 Å². The van der Waals surface area contributed by atoms with Gasteiger partial charge in [0.2, 0.25) is 0 Å². The third-order valence-electron chi connectivity index (χ3n) is 5.35. The Bertz CT molecular complexity index is 894. The zero-order chi connectivity index (χ0) is 21.3. The summed E-state index contributed by atoms with van der Waals surface area (Å²) in [5.41, 5.74) is 3.90. The van der Waals surface area contributed by atoms with E-state index in [0.717, 1.165) is 67.3 Å². The molecule has 0 bridgehead atoms. The minimum atomic E-state index is 0.680. The van der Waals surface area contributed by atoms with E-state index >= 15 is 0 Å². The number of hydrogen-bond acceptors (Lipinski definition) is 3. The normalized spacial score (nSPS) is 10.9. The first-order chi connectivity index (χ1) is 14.6. The van der Waals surface area contributed by atoms with Crippen LogP contribution in [0.4, 0.5) is 0 Å². The second kappa shape index (κ2) is 10.7. The second-order valence-corrected chi connectivity index (χ2v) is 7.72. The highest BCUT2D eigenvalue weighted by molar-refractivity contribution is 5.42. The molecule has 0 saturated heterocycles. The van der Waals surface area contributed by atoms with Crippen LogP contribution < -0.4 is 4.74 Å². The SMILES string of the molecule is C=Cc1ccc(CCCCc2cc(C)c(OCCCc3ccc(C=C)o3)cc2C)o1. The lowest BCUT2D eigenvalue weighted by molar-refractivity contribution is 0.304. The van der Waals surface area contributed by atoms with E-state index in [1.807, 2.05) is 24.3 Å². The largest absolute Gasteiger partial charge is 0.493 e. The molecule has 0 amide bonds. The first-order valence-corrected chi connectivity index (χ1v) is 10.7. The quantitative estimate of drug-likeness (QED) is 0.296. The highest BCUT2D eigenvalue weighted by Crippen LogP contribution is 2.25. The van der Waals surface area contributed by atoms with Crippen molar-refractivity contribution in [3.8, 4) is 5.75 Å². The Labute approximate surface area is 180 Å². The van der Waals surface area contributed by atoms with E-state index in [1.165, 1.54) is 16.7 Å². The van der Waals surface area contributed by atoms with E-state index in [2.05, 4.69) is 39.1 Å². The molecule has 0 aliphatic carbocycles. The molecule has 0 unspecified atom stereocenters. The fraction of sp³-hybridized carbons (Fsp3) is 0.333. The number of unbranched alkanes of at least 4 members (excludes halogenated alkanes) is 1. The monoisotopic (exact) mass is 404 g/mol. The molecule has 3 rings (SSSR count). The van der Waals surface area contributed by atoms with E-state index in [-0.39, 0.29) is 0 Å². The van der Waals surface area contributed by atoms with Gasteiger partial charge in [-0.3, -0.25) is 0 Å². The molecule has 3 nitrogen and oxygen atoms in total. The molecule has 3 heteroatoms. The van der Waals surface area contributed by atoms with Gasteiger partial charge in [0.25, 0.3) is 0 Å². The molecule has 0 N–H and O–H groups in total. The summed E-state index contributed by atoms with van der Waals surface area (Å²) in [6.45, 7) is 12.4. The summed E-state index contributed by atoms with van der Waals surface area (Å²) in [6, 6.07) is 12.4. The molecule has 0 aliphatic rings. The number of ether oxygens (including phenoxy) is 1. The maximum absolute atomic E-state index is 6.04. The fourth-order valence-electron chi connectivity index (χ4n) is 3.59. The number of hydrogen-bond donors (Lipinski definition) is 0. The smallest absolute Gasteiger partial charge is 0.126 e. The zero-order valence-electron chi connectivity index (χ0n) is 18.2. The van der Waals surface area contributed by atoms with Gasteiger partial charge in [0.15, 0.2) is 0 Å². The van der Waals surface area contributed by atoms with Crippen LogP contribution in [0.3, 0.4) is 0 Å². The molecule has 3 aromatic rings. The van der Waals surface area contributed by atoms with Crippen molar-refractivity contribution in [2.75, 3.05) is 6.61 Å². The summed E-state index contributed by atoms with van der Waals surface area (Å²) in [6.07, 6.45) is 9.56. The van der Waals surface area contributed by atoms with Gasteiger partial charge in [-0.1, -0.05) is 19.2 Å². The molecule has 2 heterocycles. The average Bonchev–Trinajstić information content (AvgIpc) is 3.40. The van der Waals surface area contributed by atoms with Gasteiger partial charge in [-0.05, 0) is 98.7 Å². The molecule has 2 aromatic heterocycles. The van der Waals surface area contributed by atoms with Gasteiger partial charge in [0, 0.05) is 12.8 Å². The molecule has 0 spiro atoms. The van der Waals surface area contributed by atoms with Crippen LogP contribution in [-0.2, 0) is 19.3 Å². The molecule has 0 saturated carbocycles. The lowest BCUT2D eigenvalue weighted by Gasteiger charge is -2.13. The molecule has 0 aliphatic heterocycles. The highest BCUT2D eigenvalue weighted by Gasteiger charge is 2.07. The minimum Gasteiger partial charge on any atom is -0.493 e. The Kier molecular flexibility index (Phi) is 7.78. The van der Waals surface area contributed by atoms with Gasteiger partial charge in [-0.25, -0.2) is 0 Å². The predicted octanol–water partition coefficient (Wildman–Crippen LogP) is 7.35. The lowest BCUT2D eigenvalue weighted by atomic mass is 9.99. The third kappa shape index (κ3) is 6.03. The van der Waals surface area contributed by atoms with Crippen LogP contribution >= 0.6 is 0 Å². The maximum Gasteiger partial charge on any atom is 0.126 e. The summed E-state index contributed by atoms with van der Waals surface area (Å²) >= 11 is 0. The Morgan fingerprint density at radius 2 is 1.37 bits per heavy atom. The van der Waals surface area contributed by atoms with Gasteiger partial charge in [0.05, 0.1) is 6.61 Å². The van der Waals surface area contributed by atoms with E-state index in [9.17, 15) is 0 Å². The first-order valence-electron chi connectivity index (χ1n) is 10.7. The summed E-state index contributed by atoms with van der Waals surface area (Å²) in [4.78, 5) is 0. The van der Waals surface area contributed by atoms with Gasteiger partial charge in [0.1, 0.15) is 28.8 Å². The van der Waals surface area contributed by atoms with Gasteiger partial charge < -0.3 is 13.6 Å². The van der Waals surface area contributed by atoms with Crippen molar-refractivity contribution in [3.05, 3.63) is 89.3 Å². The second-order valence-electron chi connectivity index (χ2n) is 7.72. The number of rotatable bonds is 12. The third-order valence-corrected chi connectivity index (χ3v) is 5.35. The number of aryl methyl sites for hydroxylation is 5. The molecule has 1 aromatic carbocycles. The van der Waals surface area contributed by atoms with Crippen LogP contribution in [0.15, 0.2) is 58.4 Å². The van der Waals surface area contributed by atoms with Crippen LogP contribution in [0, 0.1) is 13.8 Å². The van der Waals surface area contributed by atoms with Crippen molar-refractivity contribution in [2.24, 2.45) is 0 Å². The summed E-state index contributed by atoms with van der Waals surface area (Å²) in [5.74, 6) is 4.66. The van der Waals surface area contributed by atoms with Crippen molar-refractivity contribution in [2.45, 2.75) is 52.4 Å². The minimum absolute atomic E-state index is 0.680. The average molecular weight is 405 g/mol. The molecular formula is C27H32O3. The van der Waals surface area contributed by atoms with Crippen molar-refractivity contribution in [3.63, 3.8) is 0 Å². The lowest BCUT2D eigenvalue weighted by Crippen LogP contribution is -2.02. The van der Waals surface area contributed by atoms with Crippen molar-refractivity contribution < 1.29 is 13.6 Å². The molecule has 0 atom stereocenters. The van der Waals surface area contributed by atoms with Gasteiger partial charge in [-0.2, -0.15) is 0 Å². The number of furan rings is 2. The highest BCUT2D eigenvalue weighted by atomic mass is 16.5. The molecule has 0 radical (unpaired) electrons. The Balaban J connectivity index is 1.43. The Morgan fingerprint density at radius 3 is 1.97 bits per heavy atom. The fourth-order valence-corrected chi connectivity index (χ4v) is 3.59. The Hall–Kier alpha value is -2.94. The van der Waals surface area contributed by atoms with Crippen LogP contribution in [0.2, 0.25) is 0 Å². The molecule has 158 valence electrons. The van der Waals surface area contributed by atoms with E-state index in [1.54, 1.807) is 12.2 Å². The summed E-state index contributed by atoms with van der Waals surface area (Å²) in [5, 5.41) is 0. The van der Waals surface area contributed by atoms with Crippen LogP contribution in [0.25, 0.3) is 12.2 Å². The van der Waals surface area contributed by atoms with E-state index in [0.29, 0.717) is 6.61 Å². The van der Waals surface area contributed by atoms with Gasteiger partial charge in [-0.15, -0.1) is 0 Å². The van der Waals surface area contributed by atoms with Crippen LogP contribution in [0.5, 0.6) is 5.75 Å².